The van der Waals surface area contributed by atoms with Gasteiger partial charge in [-0.3, -0.25) is 4.79 Å². The van der Waals surface area contributed by atoms with E-state index < -0.39 is 17.5 Å². The number of hydrogen-bond donors (Lipinski definition) is 1. The Balaban J connectivity index is 1.73. The average Bonchev–Trinajstić information content (AvgIpc) is 2.55. The summed E-state index contributed by atoms with van der Waals surface area (Å²) in [5, 5.41) is 2.77. The predicted octanol–water partition coefficient (Wildman–Crippen LogP) is 2.08. The maximum atomic E-state index is 13.4. The van der Waals surface area contributed by atoms with Crippen molar-refractivity contribution in [2.24, 2.45) is 0 Å². The fraction of sp³-hybridized carbons (Fsp3) is 0.500. The van der Waals surface area contributed by atoms with Crippen LogP contribution in [0.25, 0.3) is 0 Å². The van der Waals surface area contributed by atoms with Crippen LogP contribution in [0.4, 0.5) is 13.6 Å². The van der Waals surface area contributed by atoms with Crippen molar-refractivity contribution in [3.8, 4) is 5.75 Å². The molecule has 0 aliphatic carbocycles. The van der Waals surface area contributed by atoms with Crippen LogP contribution >= 0.6 is 0 Å². The van der Waals surface area contributed by atoms with E-state index in [0.717, 1.165) is 12.1 Å². The van der Waals surface area contributed by atoms with Gasteiger partial charge in [-0.2, -0.15) is 0 Å². The van der Waals surface area contributed by atoms with Crippen LogP contribution in [0.2, 0.25) is 0 Å². The lowest BCUT2D eigenvalue weighted by Crippen LogP contribution is -2.47. The van der Waals surface area contributed by atoms with Gasteiger partial charge in [-0.1, -0.05) is 0 Å². The molecule has 1 aliphatic rings. The standard InChI is InChI=1S/C16H20F2N2O4/c1-2-23-16(22)20-7-5-12(6-8-20)19-15(21)10-24-14-4-3-11(17)9-13(14)18/h3-4,9,12H,2,5-8,10H2,1H3,(H,19,21). The molecule has 1 heterocycles. The second-order valence-electron chi connectivity index (χ2n) is 5.39. The molecule has 1 fully saturated rings. The SMILES string of the molecule is CCOC(=O)N1CCC(NC(=O)COc2ccc(F)cc2F)CC1. The number of benzene rings is 1. The van der Waals surface area contributed by atoms with E-state index in [-0.39, 0.29) is 24.5 Å². The first-order valence-electron chi connectivity index (χ1n) is 7.78. The Hall–Kier alpha value is -2.38. The predicted molar refractivity (Wildman–Crippen MR) is 81.6 cm³/mol. The van der Waals surface area contributed by atoms with Gasteiger partial charge in [-0.15, -0.1) is 0 Å². The van der Waals surface area contributed by atoms with Crippen molar-refractivity contribution in [2.75, 3.05) is 26.3 Å². The first kappa shape index (κ1) is 18.0. The summed E-state index contributed by atoms with van der Waals surface area (Å²) in [6.45, 7) is 2.71. The Morgan fingerprint density at radius 3 is 2.62 bits per heavy atom. The molecule has 132 valence electrons. The fourth-order valence-electron chi connectivity index (χ4n) is 2.43. The summed E-state index contributed by atoms with van der Waals surface area (Å²) in [7, 11) is 0. The van der Waals surface area contributed by atoms with E-state index >= 15 is 0 Å². The Kier molecular flexibility index (Phi) is 6.34. The van der Waals surface area contributed by atoms with E-state index in [0.29, 0.717) is 38.6 Å². The molecule has 1 aromatic carbocycles. The van der Waals surface area contributed by atoms with Crippen LogP contribution in [0.5, 0.6) is 5.75 Å². The Morgan fingerprint density at radius 2 is 2.00 bits per heavy atom. The van der Waals surface area contributed by atoms with E-state index in [4.69, 9.17) is 9.47 Å². The molecule has 2 rings (SSSR count). The highest BCUT2D eigenvalue weighted by atomic mass is 19.1. The van der Waals surface area contributed by atoms with Crippen molar-refractivity contribution in [3.63, 3.8) is 0 Å². The lowest BCUT2D eigenvalue weighted by molar-refractivity contribution is -0.124. The molecule has 1 N–H and O–H groups in total. The Labute approximate surface area is 138 Å². The van der Waals surface area contributed by atoms with Crippen molar-refractivity contribution < 1.29 is 27.8 Å². The summed E-state index contributed by atoms with van der Waals surface area (Å²) >= 11 is 0. The van der Waals surface area contributed by atoms with Crippen LogP contribution < -0.4 is 10.1 Å². The third-order valence-corrected chi connectivity index (χ3v) is 3.64. The number of piperidine rings is 1. The Morgan fingerprint density at radius 1 is 1.29 bits per heavy atom. The van der Waals surface area contributed by atoms with E-state index in [1.165, 1.54) is 0 Å². The van der Waals surface area contributed by atoms with Gasteiger partial charge in [0, 0.05) is 25.2 Å². The van der Waals surface area contributed by atoms with Crippen LogP contribution in [0.15, 0.2) is 18.2 Å². The molecule has 1 saturated heterocycles. The van der Waals surface area contributed by atoms with Crippen molar-refractivity contribution in [3.05, 3.63) is 29.8 Å². The van der Waals surface area contributed by atoms with Crippen LogP contribution in [0.3, 0.4) is 0 Å². The maximum absolute atomic E-state index is 13.4. The van der Waals surface area contributed by atoms with Gasteiger partial charge in [-0.25, -0.2) is 13.6 Å². The molecule has 0 atom stereocenters. The van der Waals surface area contributed by atoms with Gasteiger partial charge in [-0.05, 0) is 31.9 Å². The molecular weight excluding hydrogens is 322 g/mol. The quantitative estimate of drug-likeness (QED) is 0.890. The lowest BCUT2D eigenvalue weighted by Gasteiger charge is -2.31. The average molecular weight is 342 g/mol. The molecule has 0 spiro atoms. The number of nitrogens with zero attached hydrogens (tertiary/aromatic N) is 1. The van der Waals surface area contributed by atoms with E-state index in [1.54, 1.807) is 11.8 Å². The Bertz CT molecular complexity index is 589. The third kappa shape index (κ3) is 5.07. The zero-order chi connectivity index (χ0) is 17.5. The molecule has 1 aromatic rings. The topological polar surface area (TPSA) is 67.9 Å². The fourth-order valence-corrected chi connectivity index (χ4v) is 2.43. The molecule has 2 amide bonds. The number of carbonyl (C=O) groups excluding carboxylic acids is 2. The van der Waals surface area contributed by atoms with Crippen LogP contribution in [0, 0.1) is 11.6 Å². The summed E-state index contributed by atoms with van der Waals surface area (Å²) in [6.07, 6.45) is 0.864. The molecule has 0 saturated carbocycles. The van der Waals surface area contributed by atoms with E-state index in [2.05, 4.69) is 5.32 Å². The van der Waals surface area contributed by atoms with Gasteiger partial charge in [0.2, 0.25) is 0 Å². The molecule has 8 heteroatoms. The summed E-state index contributed by atoms with van der Waals surface area (Å²) in [4.78, 5) is 25.0. The van der Waals surface area contributed by atoms with Crippen LogP contribution in [0.1, 0.15) is 19.8 Å². The summed E-state index contributed by atoms with van der Waals surface area (Å²) < 4.78 is 36.1. The zero-order valence-electron chi connectivity index (χ0n) is 13.4. The molecule has 0 unspecified atom stereocenters. The van der Waals surface area contributed by atoms with Crippen molar-refractivity contribution in [1.29, 1.82) is 0 Å². The number of nitrogens with one attached hydrogen (secondary N) is 1. The third-order valence-electron chi connectivity index (χ3n) is 3.64. The van der Waals surface area contributed by atoms with Crippen LogP contribution in [-0.4, -0.2) is 49.2 Å². The molecule has 6 nitrogen and oxygen atoms in total. The minimum absolute atomic E-state index is 0.0789. The number of hydrogen-bond acceptors (Lipinski definition) is 4. The number of rotatable bonds is 5. The summed E-state index contributed by atoms with van der Waals surface area (Å²) in [5.41, 5.74) is 0. The van der Waals surface area contributed by atoms with Crippen molar-refractivity contribution in [1.82, 2.24) is 10.2 Å². The highest BCUT2D eigenvalue weighted by Crippen LogP contribution is 2.17. The summed E-state index contributed by atoms with van der Waals surface area (Å²) in [6, 6.07) is 2.81. The number of likely N-dealkylation sites (tertiary alicyclic amines) is 1. The number of carbonyl (C=O) groups is 2. The normalized spacial score (nSPS) is 15.0. The van der Waals surface area contributed by atoms with Gasteiger partial charge in [0.15, 0.2) is 18.2 Å². The van der Waals surface area contributed by atoms with Gasteiger partial charge in [0.25, 0.3) is 5.91 Å². The zero-order valence-corrected chi connectivity index (χ0v) is 13.4. The summed E-state index contributed by atoms with van der Waals surface area (Å²) in [5.74, 6) is -2.14. The smallest absolute Gasteiger partial charge is 0.409 e. The van der Waals surface area contributed by atoms with Gasteiger partial charge in [0.1, 0.15) is 5.82 Å². The van der Waals surface area contributed by atoms with Gasteiger partial charge in [0.05, 0.1) is 6.61 Å². The van der Waals surface area contributed by atoms with Crippen molar-refractivity contribution in [2.45, 2.75) is 25.8 Å². The molecule has 0 aromatic heterocycles. The molecule has 0 radical (unpaired) electrons. The number of halogens is 2. The van der Waals surface area contributed by atoms with E-state index in [9.17, 15) is 18.4 Å². The minimum atomic E-state index is -0.856. The molecule has 24 heavy (non-hydrogen) atoms. The second kappa shape index (κ2) is 8.47. The molecule has 1 aliphatic heterocycles. The van der Waals surface area contributed by atoms with E-state index in [1.807, 2.05) is 0 Å². The molecular formula is C16H20F2N2O4. The second-order valence-corrected chi connectivity index (χ2v) is 5.39. The van der Waals surface area contributed by atoms with Gasteiger partial charge < -0.3 is 19.7 Å². The molecule has 0 bridgehead atoms. The highest BCUT2D eigenvalue weighted by molar-refractivity contribution is 5.78. The lowest BCUT2D eigenvalue weighted by atomic mass is 10.1. The van der Waals surface area contributed by atoms with Crippen LogP contribution in [-0.2, 0) is 9.53 Å². The maximum Gasteiger partial charge on any atom is 0.409 e. The van der Waals surface area contributed by atoms with Gasteiger partial charge >= 0.3 is 6.09 Å². The monoisotopic (exact) mass is 342 g/mol. The highest BCUT2D eigenvalue weighted by Gasteiger charge is 2.24. The first-order chi connectivity index (χ1) is 11.5. The number of amides is 2. The first-order valence-corrected chi connectivity index (χ1v) is 7.78. The minimum Gasteiger partial charge on any atom is -0.481 e. The largest absolute Gasteiger partial charge is 0.481 e. The number of ether oxygens (including phenoxy) is 2. The van der Waals surface area contributed by atoms with Crippen molar-refractivity contribution >= 4 is 12.0 Å².